The lowest BCUT2D eigenvalue weighted by atomic mass is 9.93. The van der Waals surface area contributed by atoms with Gasteiger partial charge in [-0.3, -0.25) is 19.6 Å². The van der Waals surface area contributed by atoms with Crippen LogP contribution in [-0.2, 0) is 17.5 Å². The minimum atomic E-state index is -4.63. The molecule has 4 aromatic carbocycles. The zero-order chi connectivity index (χ0) is 33.1. The highest BCUT2D eigenvalue weighted by Crippen LogP contribution is 2.46. The molecule has 4 aromatic rings. The topological polar surface area (TPSA) is 54.4 Å². The number of halogens is 5. The van der Waals surface area contributed by atoms with Crippen LogP contribution in [0.3, 0.4) is 0 Å². The van der Waals surface area contributed by atoms with E-state index in [1.807, 2.05) is 12.1 Å². The normalized spacial score (nSPS) is 18.7. The molecule has 244 valence electrons. The van der Waals surface area contributed by atoms with Gasteiger partial charge >= 0.3 is 6.18 Å². The summed E-state index contributed by atoms with van der Waals surface area (Å²) in [6.45, 7) is 5.65. The second-order valence-electron chi connectivity index (χ2n) is 11.3. The summed E-state index contributed by atoms with van der Waals surface area (Å²) in [5, 5.41) is 1.02. The summed E-state index contributed by atoms with van der Waals surface area (Å²) in [6.07, 6.45) is -4.63. The van der Waals surface area contributed by atoms with Gasteiger partial charge in [0.2, 0.25) is 0 Å². The first-order chi connectivity index (χ1) is 22.6. The number of ether oxygens (including phenoxy) is 2. The molecule has 1 saturated heterocycles. The lowest BCUT2D eigenvalue weighted by Gasteiger charge is -2.30. The Morgan fingerprint density at radius 1 is 0.894 bits per heavy atom. The molecule has 2 atom stereocenters. The minimum Gasteiger partial charge on any atom is -0.493 e. The quantitative estimate of drug-likeness (QED) is 0.187. The van der Waals surface area contributed by atoms with E-state index in [2.05, 4.69) is 4.90 Å². The molecule has 1 fully saturated rings. The van der Waals surface area contributed by atoms with Crippen LogP contribution in [0.5, 0.6) is 5.75 Å². The van der Waals surface area contributed by atoms with Crippen LogP contribution in [0, 0.1) is 0 Å². The Morgan fingerprint density at radius 2 is 1.51 bits per heavy atom. The number of hydrogen-bond acceptors (Lipinski definition) is 5. The fraction of sp³-hybridized carbons (Fsp3) is 0.278. The Hall–Kier alpha value is -3.89. The highest BCUT2D eigenvalue weighted by molar-refractivity contribution is 6.30. The SMILES string of the molecule is CCOc1ccc(C(F)(F)F)cc1C1=NC(c2ccc(Cl)cc2)C(c2ccc(Cl)cc2)N1C(=O)c1ccc(CN2CCOCC2)cc1. The largest absolute Gasteiger partial charge is 0.493 e. The van der Waals surface area contributed by atoms with Crippen LogP contribution < -0.4 is 4.74 Å². The number of benzene rings is 4. The first kappa shape index (κ1) is 33.0. The number of carbonyl (C=O) groups is 1. The molecule has 0 bridgehead atoms. The zero-order valence-corrected chi connectivity index (χ0v) is 27.0. The van der Waals surface area contributed by atoms with E-state index in [0.29, 0.717) is 40.9 Å². The molecular formula is C36H32Cl2F3N3O3. The summed E-state index contributed by atoms with van der Waals surface area (Å²) < 4.78 is 53.5. The molecule has 0 spiro atoms. The Balaban J connectivity index is 1.49. The number of rotatable bonds is 8. The third kappa shape index (κ3) is 7.33. The Kier molecular flexibility index (Phi) is 9.89. The molecule has 11 heteroatoms. The van der Waals surface area contributed by atoms with Gasteiger partial charge in [-0.25, -0.2) is 0 Å². The molecule has 6 nitrogen and oxygen atoms in total. The van der Waals surface area contributed by atoms with Gasteiger partial charge in [-0.1, -0.05) is 59.6 Å². The molecule has 2 unspecified atom stereocenters. The fourth-order valence-corrected chi connectivity index (χ4v) is 6.19. The first-order valence-corrected chi connectivity index (χ1v) is 16.0. The average Bonchev–Trinajstić information content (AvgIpc) is 3.46. The number of amidine groups is 1. The molecule has 47 heavy (non-hydrogen) atoms. The number of nitrogens with zero attached hydrogens (tertiary/aromatic N) is 3. The Morgan fingerprint density at radius 3 is 2.11 bits per heavy atom. The molecule has 0 aliphatic carbocycles. The summed E-state index contributed by atoms with van der Waals surface area (Å²) in [4.78, 5) is 23.4. The van der Waals surface area contributed by atoms with Crippen molar-refractivity contribution in [1.82, 2.24) is 9.80 Å². The highest BCUT2D eigenvalue weighted by Gasteiger charge is 2.44. The fourth-order valence-electron chi connectivity index (χ4n) is 5.94. The summed E-state index contributed by atoms with van der Waals surface area (Å²) >= 11 is 12.5. The summed E-state index contributed by atoms with van der Waals surface area (Å²) in [5.41, 5.74) is 2.02. The average molecular weight is 683 g/mol. The lowest BCUT2D eigenvalue weighted by Crippen LogP contribution is -2.38. The van der Waals surface area contributed by atoms with Gasteiger partial charge in [0.25, 0.3) is 5.91 Å². The molecule has 2 heterocycles. The summed E-state index contributed by atoms with van der Waals surface area (Å²) in [7, 11) is 0. The first-order valence-electron chi connectivity index (χ1n) is 15.3. The maximum atomic E-state index is 14.7. The molecule has 0 N–H and O–H groups in total. The van der Waals surface area contributed by atoms with E-state index >= 15 is 0 Å². The van der Waals surface area contributed by atoms with E-state index in [0.717, 1.165) is 36.3 Å². The van der Waals surface area contributed by atoms with Gasteiger partial charge in [0.15, 0.2) is 0 Å². The maximum absolute atomic E-state index is 14.7. The lowest BCUT2D eigenvalue weighted by molar-refractivity contribution is -0.137. The van der Waals surface area contributed by atoms with Crippen molar-refractivity contribution in [2.75, 3.05) is 32.9 Å². The van der Waals surface area contributed by atoms with E-state index in [4.69, 9.17) is 37.7 Å². The van der Waals surface area contributed by atoms with Crippen molar-refractivity contribution in [2.45, 2.75) is 31.7 Å². The van der Waals surface area contributed by atoms with Crippen molar-refractivity contribution >= 4 is 34.9 Å². The van der Waals surface area contributed by atoms with Crippen molar-refractivity contribution in [1.29, 1.82) is 0 Å². The number of alkyl halides is 3. The predicted molar refractivity (Wildman–Crippen MR) is 176 cm³/mol. The highest BCUT2D eigenvalue weighted by atomic mass is 35.5. The maximum Gasteiger partial charge on any atom is 0.416 e. The number of aliphatic imine (C=N–C) groups is 1. The standard InChI is InChI=1S/C36H32Cl2F3N3O3/c1-2-47-31-16-11-27(36(39,40)41)21-30(31)34-42-32(24-7-12-28(37)13-8-24)33(25-9-14-29(38)15-10-25)44(34)35(45)26-5-3-23(4-6-26)22-43-17-19-46-20-18-43/h3-16,21,32-33H,2,17-20,22H2,1H3. The molecule has 1 amide bonds. The van der Waals surface area contributed by atoms with Gasteiger partial charge in [-0.05, 0) is 78.2 Å². The van der Waals surface area contributed by atoms with Gasteiger partial charge in [-0.15, -0.1) is 0 Å². The van der Waals surface area contributed by atoms with Crippen molar-refractivity contribution in [2.24, 2.45) is 4.99 Å². The third-order valence-electron chi connectivity index (χ3n) is 8.27. The molecule has 2 aliphatic heterocycles. The van der Waals surface area contributed by atoms with E-state index in [-0.39, 0.29) is 23.8 Å². The van der Waals surface area contributed by atoms with Crippen LogP contribution in [0.15, 0.2) is 96.0 Å². The van der Waals surface area contributed by atoms with Gasteiger partial charge in [0.1, 0.15) is 17.6 Å². The molecule has 0 saturated carbocycles. The number of hydrogen-bond donors (Lipinski definition) is 0. The van der Waals surface area contributed by atoms with Crippen molar-refractivity contribution in [3.05, 3.63) is 134 Å². The van der Waals surface area contributed by atoms with Crippen molar-refractivity contribution in [3.63, 3.8) is 0 Å². The summed E-state index contributed by atoms with van der Waals surface area (Å²) in [5.74, 6) is -0.163. The molecule has 2 aliphatic rings. The van der Waals surface area contributed by atoms with Crippen LogP contribution >= 0.6 is 23.2 Å². The molecule has 0 aromatic heterocycles. The second-order valence-corrected chi connectivity index (χ2v) is 12.2. The van der Waals surface area contributed by atoms with Crippen LogP contribution in [-0.4, -0.2) is 54.5 Å². The molecular weight excluding hydrogens is 650 g/mol. The van der Waals surface area contributed by atoms with Gasteiger partial charge in [0, 0.05) is 35.2 Å². The van der Waals surface area contributed by atoms with Crippen molar-refractivity contribution < 1.29 is 27.4 Å². The Bertz CT molecular complexity index is 1740. The number of carbonyl (C=O) groups excluding carboxylic acids is 1. The second kappa shape index (κ2) is 14.1. The van der Waals surface area contributed by atoms with Gasteiger partial charge in [0.05, 0.1) is 37.0 Å². The minimum absolute atomic E-state index is 0.0642. The number of morpholine rings is 1. The summed E-state index contributed by atoms with van der Waals surface area (Å²) in [6, 6.07) is 23.2. The van der Waals surface area contributed by atoms with Crippen LogP contribution in [0.25, 0.3) is 0 Å². The van der Waals surface area contributed by atoms with Gasteiger partial charge < -0.3 is 9.47 Å². The smallest absolute Gasteiger partial charge is 0.416 e. The van der Waals surface area contributed by atoms with E-state index in [1.54, 1.807) is 67.6 Å². The van der Waals surface area contributed by atoms with E-state index < -0.39 is 29.7 Å². The van der Waals surface area contributed by atoms with Crippen molar-refractivity contribution in [3.8, 4) is 5.75 Å². The van der Waals surface area contributed by atoms with Gasteiger partial charge in [-0.2, -0.15) is 13.2 Å². The molecule has 6 rings (SSSR count). The van der Waals surface area contributed by atoms with Crippen LogP contribution in [0.1, 0.15) is 57.2 Å². The third-order valence-corrected chi connectivity index (χ3v) is 8.77. The predicted octanol–water partition coefficient (Wildman–Crippen LogP) is 8.63. The Labute approximate surface area is 281 Å². The zero-order valence-electron chi connectivity index (χ0n) is 25.5. The van der Waals surface area contributed by atoms with E-state index in [1.165, 1.54) is 11.0 Å². The monoisotopic (exact) mass is 681 g/mol. The van der Waals surface area contributed by atoms with Crippen LogP contribution in [0.4, 0.5) is 13.2 Å². The van der Waals surface area contributed by atoms with Crippen LogP contribution in [0.2, 0.25) is 10.0 Å². The molecule has 0 radical (unpaired) electrons. The number of amides is 1. The van der Waals surface area contributed by atoms with E-state index in [9.17, 15) is 18.0 Å².